The molecule has 2 rings (SSSR count). The maximum atomic E-state index is 5.65. The first kappa shape index (κ1) is 5.77. The second kappa shape index (κ2) is 1.75. The SMILES string of the molecule is Cn1cc(C2CC2)c(N)n1. The van der Waals surface area contributed by atoms with Gasteiger partial charge < -0.3 is 5.73 Å². The molecule has 1 aliphatic rings. The van der Waals surface area contributed by atoms with Gasteiger partial charge in [0.25, 0.3) is 0 Å². The van der Waals surface area contributed by atoms with Gasteiger partial charge in [-0.25, -0.2) is 0 Å². The molecule has 0 radical (unpaired) electrons. The second-order valence-corrected chi connectivity index (χ2v) is 2.92. The largest absolute Gasteiger partial charge is 0.382 e. The Hall–Kier alpha value is -0.990. The molecule has 1 heterocycles. The Bertz CT molecular complexity index is 247. The molecule has 0 saturated heterocycles. The number of nitrogens with two attached hydrogens (primary N) is 1. The molecular weight excluding hydrogens is 126 g/mol. The van der Waals surface area contributed by atoms with Crippen LogP contribution in [0.1, 0.15) is 24.3 Å². The molecule has 1 fully saturated rings. The van der Waals surface area contributed by atoms with Gasteiger partial charge in [-0.1, -0.05) is 0 Å². The Labute approximate surface area is 59.8 Å². The van der Waals surface area contributed by atoms with Gasteiger partial charge in [-0.05, 0) is 18.8 Å². The first-order valence-electron chi connectivity index (χ1n) is 3.56. The van der Waals surface area contributed by atoms with Crippen LogP contribution in [0, 0.1) is 0 Å². The molecule has 1 aliphatic carbocycles. The average molecular weight is 137 g/mol. The second-order valence-electron chi connectivity index (χ2n) is 2.92. The van der Waals surface area contributed by atoms with Crippen LogP contribution in [0.3, 0.4) is 0 Å². The fourth-order valence-electron chi connectivity index (χ4n) is 1.23. The highest BCUT2D eigenvalue weighted by molar-refractivity contribution is 5.42. The highest BCUT2D eigenvalue weighted by Crippen LogP contribution is 2.41. The monoisotopic (exact) mass is 137 g/mol. The lowest BCUT2D eigenvalue weighted by molar-refractivity contribution is 0.771. The molecule has 0 bridgehead atoms. The summed E-state index contributed by atoms with van der Waals surface area (Å²) in [4.78, 5) is 0. The number of hydrogen-bond acceptors (Lipinski definition) is 2. The van der Waals surface area contributed by atoms with Gasteiger partial charge in [0.1, 0.15) is 5.82 Å². The van der Waals surface area contributed by atoms with Crippen molar-refractivity contribution in [3.8, 4) is 0 Å². The Balaban J connectivity index is 2.38. The van der Waals surface area contributed by atoms with E-state index >= 15 is 0 Å². The molecule has 3 nitrogen and oxygen atoms in total. The molecule has 1 saturated carbocycles. The van der Waals surface area contributed by atoms with Gasteiger partial charge in [-0.2, -0.15) is 5.10 Å². The average Bonchev–Trinajstić information content (AvgIpc) is 2.61. The third-order valence-electron chi connectivity index (χ3n) is 1.90. The summed E-state index contributed by atoms with van der Waals surface area (Å²) in [7, 11) is 1.90. The fourth-order valence-corrected chi connectivity index (χ4v) is 1.23. The minimum absolute atomic E-state index is 0.713. The quantitative estimate of drug-likeness (QED) is 0.624. The zero-order chi connectivity index (χ0) is 7.14. The number of nitrogens with zero attached hydrogens (tertiary/aromatic N) is 2. The van der Waals surface area contributed by atoms with Crippen LogP contribution in [0.25, 0.3) is 0 Å². The molecule has 54 valence electrons. The van der Waals surface area contributed by atoms with Gasteiger partial charge in [-0.15, -0.1) is 0 Å². The predicted molar refractivity (Wildman–Crippen MR) is 39.6 cm³/mol. The van der Waals surface area contributed by atoms with Gasteiger partial charge in [-0.3, -0.25) is 4.68 Å². The number of anilines is 1. The van der Waals surface area contributed by atoms with Crippen molar-refractivity contribution in [2.45, 2.75) is 18.8 Å². The number of aryl methyl sites for hydroxylation is 1. The van der Waals surface area contributed by atoms with E-state index in [2.05, 4.69) is 5.10 Å². The molecule has 0 aliphatic heterocycles. The standard InChI is InChI=1S/C7H11N3/c1-10-4-6(5-2-3-5)7(8)9-10/h4-5H,2-3H2,1H3,(H2,8,9). The number of hydrogen-bond donors (Lipinski definition) is 1. The summed E-state index contributed by atoms with van der Waals surface area (Å²) in [6.07, 6.45) is 4.60. The van der Waals surface area contributed by atoms with E-state index < -0.39 is 0 Å². The summed E-state index contributed by atoms with van der Waals surface area (Å²) in [5.74, 6) is 1.43. The van der Waals surface area contributed by atoms with Gasteiger partial charge in [0.05, 0.1) is 0 Å². The molecule has 0 aromatic carbocycles. The lowest BCUT2D eigenvalue weighted by Crippen LogP contribution is -1.91. The van der Waals surface area contributed by atoms with E-state index in [9.17, 15) is 0 Å². The van der Waals surface area contributed by atoms with Crippen LogP contribution in [0.15, 0.2) is 6.20 Å². The number of nitrogen functional groups attached to an aromatic ring is 1. The molecule has 10 heavy (non-hydrogen) atoms. The topological polar surface area (TPSA) is 43.8 Å². The highest BCUT2D eigenvalue weighted by Gasteiger charge is 2.27. The minimum Gasteiger partial charge on any atom is -0.382 e. The summed E-state index contributed by atoms with van der Waals surface area (Å²) in [6, 6.07) is 0. The van der Waals surface area contributed by atoms with Crippen LogP contribution >= 0.6 is 0 Å². The number of rotatable bonds is 1. The van der Waals surface area contributed by atoms with Gasteiger partial charge >= 0.3 is 0 Å². The summed E-state index contributed by atoms with van der Waals surface area (Å²) in [5.41, 5.74) is 6.89. The maximum Gasteiger partial charge on any atom is 0.148 e. The van der Waals surface area contributed by atoms with E-state index in [1.807, 2.05) is 13.2 Å². The molecule has 0 atom stereocenters. The lowest BCUT2D eigenvalue weighted by Gasteiger charge is -1.88. The molecule has 0 spiro atoms. The van der Waals surface area contributed by atoms with Crippen molar-refractivity contribution < 1.29 is 0 Å². The minimum atomic E-state index is 0.713. The van der Waals surface area contributed by atoms with Gasteiger partial charge in [0, 0.05) is 18.8 Å². The van der Waals surface area contributed by atoms with E-state index in [1.165, 1.54) is 18.4 Å². The molecule has 0 unspecified atom stereocenters. The number of aromatic nitrogens is 2. The van der Waals surface area contributed by atoms with Gasteiger partial charge in [0.2, 0.25) is 0 Å². The lowest BCUT2D eigenvalue weighted by atomic mass is 10.2. The van der Waals surface area contributed by atoms with E-state index in [4.69, 9.17) is 5.73 Å². The van der Waals surface area contributed by atoms with Crippen molar-refractivity contribution in [3.05, 3.63) is 11.8 Å². The molecule has 1 aromatic rings. The zero-order valence-electron chi connectivity index (χ0n) is 6.04. The third kappa shape index (κ3) is 0.781. The Morgan fingerprint density at radius 3 is 2.80 bits per heavy atom. The van der Waals surface area contributed by atoms with E-state index in [0.717, 1.165) is 0 Å². The van der Waals surface area contributed by atoms with Crippen LogP contribution in [-0.2, 0) is 7.05 Å². The van der Waals surface area contributed by atoms with Crippen LogP contribution in [0.2, 0.25) is 0 Å². The van der Waals surface area contributed by atoms with Crippen LogP contribution in [0.5, 0.6) is 0 Å². The predicted octanol–water partition coefficient (Wildman–Crippen LogP) is 0.880. The fraction of sp³-hybridized carbons (Fsp3) is 0.571. The summed E-state index contributed by atoms with van der Waals surface area (Å²) in [6.45, 7) is 0. The molecule has 2 N–H and O–H groups in total. The molecule has 1 aromatic heterocycles. The first-order valence-corrected chi connectivity index (χ1v) is 3.56. The Morgan fingerprint density at radius 1 is 1.70 bits per heavy atom. The summed E-state index contributed by atoms with van der Waals surface area (Å²) >= 11 is 0. The Kier molecular flexibility index (Phi) is 1.01. The van der Waals surface area contributed by atoms with Gasteiger partial charge in [0.15, 0.2) is 0 Å². The maximum absolute atomic E-state index is 5.65. The molecule has 3 heteroatoms. The zero-order valence-corrected chi connectivity index (χ0v) is 6.04. The van der Waals surface area contributed by atoms with Crippen molar-refractivity contribution in [2.75, 3.05) is 5.73 Å². The highest BCUT2D eigenvalue weighted by atomic mass is 15.3. The van der Waals surface area contributed by atoms with E-state index in [1.54, 1.807) is 4.68 Å². The Morgan fingerprint density at radius 2 is 2.40 bits per heavy atom. The van der Waals surface area contributed by atoms with Crippen LogP contribution < -0.4 is 5.73 Å². The van der Waals surface area contributed by atoms with Crippen molar-refractivity contribution >= 4 is 5.82 Å². The summed E-state index contributed by atoms with van der Waals surface area (Å²) in [5, 5.41) is 4.07. The summed E-state index contributed by atoms with van der Waals surface area (Å²) < 4.78 is 1.78. The van der Waals surface area contributed by atoms with E-state index in [0.29, 0.717) is 11.7 Å². The smallest absolute Gasteiger partial charge is 0.148 e. The molecular formula is C7H11N3. The van der Waals surface area contributed by atoms with Crippen LogP contribution in [0.4, 0.5) is 5.82 Å². The third-order valence-corrected chi connectivity index (χ3v) is 1.90. The van der Waals surface area contributed by atoms with Crippen LogP contribution in [-0.4, -0.2) is 9.78 Å². The normalized spacial score (nSPS) is 17.7. The van der Waals surface area contributed by atoms with Crippen molar-refractivity contribution in [1.29, 1.82) is 0 Å². The van der Waals surface area contributed by atoms with E-state index in [-0.39, 0.29) is 0 Å². The van der Waals surface area contributed by atoms with Crippen molar-refractivity contribution in [3.63, 3.8) is 0 Å². The van der Waals surface area contributed by atoms with Crippen molar-refractivity contribution in [2.24, 2.45) is 7.05 Å². The van der Waals surface area contributed by atoms with Crippen molar-refractivity contribution in [1.82, 2.24) is 9.78 Å². The molecule has 0 amide bonds. The first-order chi connectivity index (χ1) is 4.77.